The molecule has 1 aliphatic heterocycles. The van der Waals surface area contributed by atoms with Crippen molar-refractivity contribution in [2.45, 2.75) is 57.9 Å². The highest BCUT2D eigenvalue weighted by Crippen LogP contribution is 2.59. The van der Waals surface area contributed by atoms with Crippen LogP contribution < -0.4 is 15.0 Å². The van der Waals surface area contributed by atoms with Crippen molar-refractivity contribution in [1.29, 1.82) is 0 Å². The first kappa shape index (κ1) is 18.2. The second-order valence-electron chi connectivity index (χ2n) is 9.66. The number of hydrogen-bond acceptors (Lipinski definition) is 3. The van der Waals surface area contributed by atoms with E-state index in [9.17, 15) is 9.59 Å². The molecule has 0 radical (unpaired) electrons. The van der Waals surface area contributed by atoms with E-state index in [1.54, 1.807) is 0 Å². The zero-order valence-electron chi connectivity index (χ0n) is 16.7. The highest BCUT2D eigenvalue weighted by molar-refractivity contribution is 6.21. The summed E-state index contributed by atoms with van der Waals surface area (Å²) >= 11 is 0. The molecule has 4 aliphatic carbocycles. The summed E-state index contributed by atoms with van der Waals surface area (Å²) in [7, 11) is 0. The molecule has 5 heteroatoms. The summed E-state index contributed by atoms with van der Waals surface area (Å²) in [5.41, 5.74) is 1.08. The lowest BCUT2D eigenvalue weighted by Gasteiger charge is -2.56. The maximum absolute atomic E-state index is 13.0. The van der Waals surface area contributed by atoms with E-state index < -0.39 is 0 Å². The van der Waals surface area contributed by atoms with Crippen LogP contribution in [0, 0.1) is 23.2 Å². The molecule has 6 rings (SSSR count). The molecule has 1 aromatic carbocycles. The van der Waals surface area contributed by atoms with Crippen LogP contribution in [0.3, 0.4) is 0 Å². The first-order valence-electron chi connectivity index (χ1n) is 11.0. The van der Waals surface area contributed by atoms with Gasteiger partial charge in [-0.15, -0.1) is 0 Å². The van der Waals surface area contributed by atoms with Crippen LogP contribution in [0.25, 0.3) is 0 Å². The van der Waals surface area contributed by atoms with Crippen molar-refractivity contribution in [1.82, 2.24) is 0 Å². The molecule has 1 heterocycles. The number of rotatable bonds is 6. The highest BCUT2D eigenvalue weighted by Gasteiger charge is 2.53. The molecule has 5 aliphatic rings. The molecule has 0 unspecified atom stereocenters. The third kappa shape index (κ3) is 3.14. The quantitative estimate of drug-likeness (QED) is 0.768. The molecule has 1 atom stereocenters. The minimum absolute atomic E-state index is 0.0566. The fraction of sp³-hybridized carbons (Fsp3) is 0.652. The van der Waals surface area contributed by atoms with Gasteiger partial charge >= 0.3 is 0 Å². The molecule has 2 amide bonds. The number of carbonyl (C=O) groups is 2. The topological polar surface area (TPSA) is 63.2 Å². The van der Waals surface area contributed by atoms with Gasteiger partial charge in [0.15, 0.2) is 6.04 Å². The molecule has 0 aromatic heterocycles. The number of nitrogens with zero attached hydrogens (tertiary/aromatic N) is 1. The van der Waals surface area contributed by atoms with Gasteiger partial charge in [-0.05, 0) is 87.5 Å². The minimum atomic E-state index is -0.257. The van der Waals surface area contributed by atoms with E-state index in [1.807, 2.05) is 31.2 Å². The van der Waals surface area contributed by atoms with Crippen molar-refractivity contribution in [2.75, 3.05) is 18.1 Å². The van der Waals surface area contributed by atoms with Crippen molar-refractivity contribution < 1.29 is 19.6 Å². The van der Waals surface area contributed by atoms with Gasteiger partial charge in [-0.2, -0.15) is 0 Å². The Bertz CT molecular complexity index is 737. The molecule has 4 bridgehead atoms. The summed E-state index contributed by atoms with van der Waals surface area (Å²) in [6.45, 7) is 3.55. The molecular formula is C23H31N2O3+. The number of imide groups is 1. The fourth-order valence-corrected chi connectivity index (χ4v) is 6.90. The molecule has 5 nitrogen and oxygen atoms in total. The van der Waals surface area contributed by atoms with E-state index in [0.717, 1.165) is 30.0 Å². The SMILES string of the molecule is CCOc1ccc(N2C(=O)C[C@H]([NH2+]CC34CC5CC(CC(C5)C3)C4)C2=O)cc1. The zero-order chi connectivity index (χ0) is 19.3. The van der Waals surface area contributed by atoms with Crippen LogP contribution in [-0.2, 0) is 9.59 Å². The zero-order valence-corrected chi connectivity index (χ0v) is 16.7. The van der Waals surface area contributed by atoms with Gasteiger partial charge in [0, 0.05) is 5.41 Å². The molecule has 150 valence electrons. The summed E-state index contributed by atoms with van der Waals surface area (Å²) in [5.74, 6) is 3.37. The molecule has 1 saturated heterocycles. The Kier molecular flexibility index (Phi) is 4.46. The molecule has 1 aromatic rings. The summed E-state index contributed by atoms with van der Waals surface area (Å²) in [5, 5.41) is 2.20. The molecule has 4 saturated carbocycles. The van der Waals surface area contributed by atoms with Crippen LogP contribution >= 0.6 is 0 Å². The van der Waals surface area contributed by atoms with Crippen molar-refractivity contribution in [2.24, 2.45) is 23.2 Å². The number of ether oxygens (including phenoxy) is 1. The Morgan fingerprint density at radius 1 is 1.04 bits per heavy atom. The van der Waals surface area contributed by atoms with Gasteiger partial charge in [0.25, 0.3) is 5.91 Å². The third-order valence-electron chi connectivity index (χ3n) is 7.59. The number of anilines is 1. The second-order valence-corrected chi connectivity index (χ2v) is 9.66. The number of amides is 2. The standard InChI is InChI=1S/C23H30N2O3/c1-2-28-19-5-3-18(4-6-19)25-21(26)10-20(22(25)27)24-14-23-11-15-7-16(12-23)9-17(8-15)13-23/h3-6,15-17,20,24H,2,7-14H2,1H3/p+1/t15?,16?,17?,20-,23?/m0/s1. The lowest BCUT2D eigenvalue weighted by atomic mass is 9.49. The van der Waals surface area contributed by atoms with Crippen LogP contribution in [0.5, 0.6) is 5.75 Å². The van der Waals surface area contributed by atoms with Gasteiger partial charge in [0.05, 0.1) is 25.3 Å². The summed E-state index contributed by atoms with van der Waals surface area (Å²) in [6, 6.07) is 7.01. The number of nitrogens with two attached hydrogens (primary N) is 1. The van der Waals surface area contributed by atoms with Crippen LogP contribution in [0.1, 0.15) is 51.9 Å². The normalized spacial score (nSPS) is 36.4. The lowest BCUT2D eigenvalue weighted by molar-refractivity contribution is -0.687. The maximum atomic E-state index is 13.0. The van der Waals surface area contributed by atoms with Crippen LogP contribution in [0.2, 0.25) is 0 Å². The highest BCUT2D eigenvalue weighted by atomic mass is 16.5. The Hall–Kier alpha value is -1.88. The number of hydrogen-bond donors (Lipinski definition) is 1. The van der Waals surface area contributed by atoms with E-state index in [1.165, 1.54) is 43.4 Å². The van der Waals surface area contributed by atoms with E-state index >= 15 is 0 Å². The smallest absolute Gasteiger partial charge is 0.292 e. The van der Waals surface area contributed by atoms with E-state index in [2.05, 4.69) is 5.32 Å². The summed E-state index contributed by atoms with van der Waals surface area (Å²) in [4.78, 5) is 26.9. The van der Waals surface area contributed by atoms with Crippen molar-refractivity contribution in [3.63, 3.8) is 0 Å². The first-order valence-corrected chi connectivity index (χ1v) is 11.0. The monoisotopic (exact) mass is 383 g/mol. The Morgan fingerprint density at radius 2 is 1.64 bits per heavy atom. The first-order chi connectivity index (χ1) is 13.5. The van der Waals surface area contributed by atoms with Gasteiger partial charge in [-0.1, -0.05) is 0 Å². The Morgan fingerprint density at radius 3 is 2.21 bits per heavy atom. The summed E-state index contributed by atoms with van der Waals surface area (Å²) < 4.78 is 5.46. The number of benzene rings is 1. The van der Waals surface area contributed by atoms with E-state index in [0.29, 0.717) is 24.1 Å². The average molecular weight is 384 g/mol. The lowest BCUT2D eigenvalue weighted by Crippen LogP contribution is -2.94. The summed E-state index contributed by atoms with van der Waals surface area (Å²) in [6.07, 6.45) is 8.65. The fourth-order valence-electron chi connectivity index (χ4n) is 6.90. The Balaban J connectivity index is 1.25. The number of quaternary nitrogens is 1. The number of carbonyl (C=O) groups excluding carboxylic acids is 2. The second kappa shape index (κ2) is 6.87. The van der Waals surface area contributed by atoms with Crippen LogP contribution in [0.4, 0.5) is 5.69 Å². The molecule has 0 spiro atoms. The van der Waals surface area contributed by atoms with Gasteiger partial charge in [0.1, 0.15) is 5.75 Å². The van der Waals surface area contributed by atoms with Crippen molar-refractivity contribution >= 4 is 17.5 Å². The van der Waals surface area contributed by atoms with E-state index in [4.69, 9.17) is 4.74 Å². The minimum Gasteiger partial charge on any atom is -0.494 e. The predicted molar refractivity (Wildman–Crippen MR) is 106 cm³/mol. The third-order valence-corrected chi connectivity index (χ3v) is 7.59. The van der Waals surface area contributed by atoms with Gasteiger partial charge < -0.3 is 10.1 Å². The van der Waals surface area contributed by atoms with Crippen molar-refractivity contribution in [3.05, 3.63) is 24.3 Å². The molecule has 28 heavy (non-hydrogen) atoms. The molecule has 2 N–H and O–H groups in total. The largest absolute Gasteiger partial charge is 0.494 e. The molecule has 5 fully saturated rings. The van der Waals surface area contributed by atoms with Gasteiger partial charge in [-0.25, -0.2) is 4.90 Å². The van der Waals surface area contributed by atoms with E-state index in [-0.39, 0.29) is 17.9 Å². The van der Waals surface area contributed by atoms with Crippen LogP contribution in [-0.4, -0.2) is 31.0 Å². The van der Waals surface area contributed by atoms with Crippen LogP contribution in [0.15, 0.2) is 24.3 Å². The molecular weight excluding hydrogens is 352 g/mol. The van der Waals surface area contributed by atoms with Gasteiger partial charge in [-0.3, -0.25) is 9.59 Å². The predicted octanol–water partition coefficient (Wildman–Crippen LogP) is 2.50. The Labute approximate surface area is 166 Å². The van der Waals surface area contributed by atoms with Crippen molar-refractivity contribution in [3.8, 4) is 5.75 Å². The average Bonchev–Trinajstić information content (AvgIpc) is 2.94. The van der Waals surface area contributed by atoms with Gasteiger partial charge in [0.2, 0.25) is 5.91 Å². The maximum Gasteiger partial charge on any atom is 0.292 e.